The lowest BCUT2D eigenvalue weighted by molar-refractivity contribution is 0.102. The highest BCUT2D eigenvalue weighted by atomic mass is 35.5. The van der Waals surface area contributed by atoms with Gasteiger partial charge in [-0.3, -0.25) is 4.79 Å². The second-order valence-corrected chi connectivity index (χ2v) is 10.7. The van der Waals surface area contributed by atoms with Crippen molar-refractivity contribution >= 4 is 52.1 Å². The summed E-state index contributed by atoms with van der Waals surface area (Å²) in [6.45, 7) is 7.07. The molecule has 0 spiro atoms. The summed E-state index contributed by atoms with van der Waals surface area (Å²) in [6.07, 6.45) is 1.35. The number of nitrogens with zero attached hydrogens (tertiary/aromatic N) is 4. The van der Waals surface area contributed by atoms with Crippen LogP contribution in [0.1, 0.15) is 21.5 Å². The molecule has 1 aliphatic heterocycles. The fourth-order valence-electron chi connectivity index (χ4n) is 4.53. The van der Waals surface area contributed by atoms with Crippen molar-refractivity contribution < 1.29 is 13.9 Å². The first-order valence-electron chi connectivity index (χ1n) is 13.1. The van der Waals surface area contributed by atoms with E-state index < -0.39 is 5.91 Å². The minimum Gasteiger partial charge on any atom is -0.436 e. The molecule has 1 aliphatic rings. The van der Waals surface area contributed by atoms with Crippen LogP contribution in [0.2, 0.25) is 10.0 Å². The van der Waals surface area contributed by atoms with Crippen LogP contribution in [0.3, 0.4) is 0 Å². The molecule has 0 unspecified atom stereocenters. The van der Waals surface area contributed by atoms with Crippen LogP contribution in [0, 0.1) is 19.7 Å². The highest BCUT2D eigenvalue weighted by molar-refractivity contribution is 6.35. The van der Waals surface area contributed by atoms with Gasteiger partial charge < -0.3 is 25.2 Å². The average Bonchev–Trinajstić information content (AvgIpc) is 2.93. The number of likely N-dealkylation sites (N-methyl/N-ethyl adjacent to an activating group) is 1. The molecule has 2 N–H and O–H groups in total. The molecule has 11 heteroatoms. The number of carbonyl (C=O) groups is 1. The number of hydrogen-bond acceptors (Lipinski definition) is 7. The number of rotatable bonds is 7. The lowest BCUT2D eigenvalue weighted by atomic mass is 10.1. The zero-order chi connectivity index (χ0) is 29.1. The minimum absolute atomic E-state index is 0.0370. The third-order valence-corrected chi connectivity index (χ3v) is 7.40. The number of aryl methyl sites for hydroxylation is 2. The molecule has 2 heterocycles. The third-order valence-electron chi connectivity index (χ3n) is 6.87. The van der Waals surface area contributed by atoms with Gasteiger partial charge in [0, 0.05) is 48.8 Å². The summed E-state index contributed by atoms with van der Waals surface area (Å²) in [6, 6.07) is 15.4. The zero-order valence-corrected chi connectivity index (χ0v) is 24.4. The van der Waals surface area contributed by atoms with Crippen LogP contribution in [-0.2, 0) is 0 Å². The predicted octanol–water partition coefficient (Wildman–Crippen LogP) is 7.08. The van der Waals surface area contributed by atoms with Gasteiger partial charge in [-0.25, -0.2) is 9.37 Å². The molecule has 8 nitrogen and oxygen atoms in total. The molecule has 1 saturated heterocycles. The molecule has 5 rings (SSSR count). The van der Waals surface area contributed by atoms with Crippen LogP contribution in [0.25, 0.3) is 0 Å². The van der Waals surface area contributed by atoms with E-state index in [9.17, 15) is 4.79 Å². The maximum absolute atomic E-state index is 15.1. The SMILES string of the molecule is Cc1cccc(C)c1NC(=O)c1cnc(Nc2ccc(N3CCN(C)CC3)c(F)c2)nc1Oc1ccc(Cl)cc1Cl. The molecule has 0 bridgehead atoms. The summed E-state index contributed by atoms with van der Waals surface area (Å²) in [7, 11) is 2.05. The topological polar surface area (TPSA) is 82.6 Å². The molecule has 3 aromatic carbocycles. The van der Waals surface area contributed by atoms with Gasteiger partial charge in [-0.15, -0.1) is 0 Å². The van der Waals surface area contributed by atoms with Crippen molar-refractivity contribution in [1.29, 1.82) is 0 Å². The van der Waals surface area contributed by atoms with Gasteiger partial charge in [0.2, 0.25) is 11.8 Å². The lowest BCUT2D eigenvalue weighted by Crippen LogP contribution is -2.44. The van der Waals surface area contributed by atoms with Crippen LogP contribution in [0.5, 0.6) is 11.6 Å². The highest BCUT2D eigenvalue weighted by Gasteiger charge is 2.21. The smallest absolute Gasteiger partial charge is 0.262 e. The molecule has 0 atom stereocenters. The number of anilines is 4. The van der Waals surface area contributed by atoms with E-state index in [1.807, 2.05) is 36.9 Å². The first kappa shape index (κ1) is 28.6. The molecule has 1 aromatic heterocycles. The van der Waals surface area contributed by atoms with Crippen molar-refractivity contribution in [2.24, 2.45) is 0 Å². The molecule has 41 heavy (non-hydrogen) atoms. The van der Waals surface area contributed by atoms with Crippen LogP contribution >= 0.6 is 23.2 Å². The van der Waals surface area contributed by atoms with E-state index in [2.05, 4.69) is 32.5 Å². The Labute approximate surface area is 248 Å². The van der Waals surface area contributed by atoms with E-state index in [0.717, 1.165) is 37.3 Å². The molecular formula is C30H29Cl2FN6O2. The molecule has 1 amide bonds. The number of para-hydroxylation sites is 1. The predicted molar refractivity (Wildman–Crippen MR) is 162 cm³/mol. The number of ether oxygens (including phenoxy) is 1. The van der Waals surface area contributed by atoms with Gasteiger partial charge in [-0.05, 0) is 68.4 Å². The van der Waals surface area contributed by atoms with Crippen molar-refractivity contribution in [3.05, 3.63) is 93.3 Å². The number of benzene rings is 3. The summed E-state index contributed by atoms with van der Waals surface area (Å²) < 4.78 is 21.1. The monoisotopic (exact) mass is 594 g/mol. The van der Waals surface area contributed by atoms with E-state index in [1.54, 1.807) is 24.3 Å². The maximum atomic E-state index is 15.1. The van der Waals surface area contributed by atoms with E-state index in [1.165, 1.54) is 18.3 Å². The summed E-state index contributed by atoms with van der Waals surface area (Å²) in [4.78, 5) is 26.4. The second-order valence-electron chi connectivity index (χ2n) is 9.89. The van der Waals surface area contributed by atoms with Crippen LogP contribution in [-0.4, -0.2) is 54.0 Å². The Kier molecular flexibility index (Phi) is 8.58. The molecule has 0 aliphatic carbocycles. The van der Waals surface area contributed by atoms with E-state index in [0.29, 0.717) is 22.1 Å². The Morgan fingerprint density at radius 3 is 2.41 bits per heavy atom. The van der Waals surface area contributed by atoms with Crippen molar-refractivity contribution in [1.82, 2.24) is 14.9 Å². The largest absolute Gasteiger partial charge is 0.436 e. The first-order valence-corrected chi connectivity index (χ1v) is 13.8. The van der Waals surface area contributed by atoms with E-state index >= 15 is 4.39 Å². The fourth-order valence-corrected chi connectivity index (χ4v) is 4.98. The number of nitrogens with one attached hydrogen (secondary N) is 2. The van der Waals surface area contributed by atoms with Gasteiger partial charge in [0.05, 0.1) is 10.7 Å². The average molecular weight is 596 g/mol. The quantitative estimate of drug-likeness (QED) is 0.236. The molecule has 0 radical (unpaired) electrons. The Bertz CT molecular complexity index is 1570. The van der Waals surface area contributed by atoms with Gasteiger partial charge in [0.25, 0.3) is 5.91 Å². The summed E-state index contributed by atoms with van der Waals surface area (Å²) >= 11 is 12.4. The lowest BCUT2D eigenvalue weighted by Gasteiger charge is -2.34. The van der Waals surface area contributed by atoms with Crippen LogP contribution in [0.4, 0.5) is 27.4 Å². The Hall–Kier alpha value is -3.92. The molecule has 0 saturated carbocycles. The number of halogens is 3. The zero-order valence-electron chi connectivity index (χ0n) is 22.8. The fraction of sp³-hybridized carbons (Fsp3) is 0.233. The summed E-state index contributed by atoms with van der Waals surface area (Å²) in [5.74, 6) is -0.486. The number of amides is 1. The van der Waals surface area contributed by atoms with Crippen molar-refractivity contribution in [3.63, 3.8) is 0 Å². The maximum Gasteiger partial charge on any atom is 0.262 e. The number of piperazine rings is 1. The van der Waals surface area contributed by atoms with Gasteiger partial charge in [-0.2, -0.15) is 4.98 Å². The van der Waals surface area contributed by atoms with Gasteiger partial charge in [0.15, 0.2) is 0 Å². The van der Waals surface area contributed by atoms with Crippen molar-refractivity contribution in [3.8, 4) is 11.6 Å². The summed E-state index contributed by atoms with van der Waals surface area (Å²) in [5, 5.41) is 6.62. The minimum atomic E-state index is -0.461. The Morgan fingerprint density at radius 1 is 1.00 bits per heavy atom. The van der Waals surface area contributed by atoms with E-state index in [-0.39, 0.29) is 34.0 Å². The van der Waals surface area contributed by atoms with E-state index in [4.69, 9.17) is 27.9 Å². The highest BCUT2D eigenvalue weighted by Crippen LogP contribution is 2.34. The first-order chi connectivity index (χ1) is 19.7. The number of hydrogen-bond donors (Lipinski definition) is 2. The van der Waals surface area contributed by atoms with Crippen molar-refractivity contribution in [2.45, 2.75) is 13.8 Å². The normalized spacial score (nSPS) is 13.7. The number of carbonyl (C=O) groups excluding carboxylic acids is 1. The summed E-state index contributed by atoms with van der Waals surface area (Å²) in [5.41, 5.74) is 3.57. The Morgan fingerprint density at radius 2 is 1.73 bits per heavy atom. The van der Waals surface area contributed by atoms with Gasteiger partial charge in [0.1, 0.15) is 17.1 Å². The Balaban J connectivity index is 1.43. The van der Waals surface area contributed by atoms with Crippen LogP contribution < -0.4 is 20.3 Å². The van der Waals surface area contributed by atoms with Gasteiger partial charge >= 0.3 is 0 Å². The molecule has 4 aromatic rings. The molecular weight excluding hydrogens is 566 g/mol. The van der Waals surface area contributed by atoms with Gasteiger partial charge in [-0.1, -0.05) is 41.4 Å². The molecule has 1 fully saturated rings. The molecule has 212 valence electrons. The standard InChI is InChI=1S/C30H29Cl2FN6O2/c1-18-5-4-6-19(2)27(18)36-28(40)22-17-34-30(37-29(22)41-26-10-7-20(31)15-23(26)32)35-21-8-9-25(24(33)16-21)39-13-11-38(3)12-14-39/h4-10,15-17H,11-14H2,1-3H3,(H,36,40)(H,34,35,37). The number of aromatic nitrogens is 2. The third kappa shape index (κ3) is 6.70. The second kappa shape index (κ2) is 12.3. The van der Waals surface area contributed by atoms with Crippen molar-refractivity contribution in [2.75, 3.05) is 48.8 Å². The van der Waals surface area contributed by atoms with Crippen LogP contribution in [0.15, 0.2) is 60.8 Å².